The van der Waals surface area contributed by atoms with E-state index in [1.165, 1.54) is 12.8 Å². The summed E-state index contributed by atoms with van der Waals surface area (Å²) in [5.41, 5.74) is 4.92. The number of hydrogen-bond acceptors (Lipinski definition) is 5. The number of aromatic nitrogens is 3. The lowest BCUT2D eigenvalue weighted by Crippen LogP contribution is -2.37. The van der Waals surface area contributed by atoms with Crippen LogP contribution in [0.25, 0.3) is 10.8 Å². The number of amides is 1. The molecule has 0 N–H and O–H groups in total. The third kappa shape index (κ3) is 5.20. The predicted octanol–water partition coefficient (Wildman–Crippen LogP) is 4.00. The second-order valence-corrected chi connectivity index (χ2v) is 10.2. The molecule has 3 aliphatic heterocycles. The summed E-state index contributed by atoms with van der Waals surface area (Å²) in [5, 5.41) is 5.72. The fraction of sp³-hybridized carbons (Fsp3) is 0.480. The van der Waals surface area contributed by atoms with Crippen molar-refractivity contribution >= 4 is 25.3 Å². The van der Waals surface area contributed by atoms with Crippen molar-refractivity contribution in [2.45, 2.75) is 46.3 Å². The van der Waals surface area contributed by atoms with Crippen molar-refractivity contribution in [3.8, 4) is 0 Å². The van der Waals surface area contributed by atoms with Crippen LogP contribution in [0, 0.1) is 13.8 Å². The summed E-state index contributed by atoms with van der Waals surface area (Å²) in [6.45, 7) is 12.8. The predicted molar refractivity (Wildman–Crippen MR) is 136 cm³/mol. The molecule has 0 radical (unpaired) electrons. The quantitative estimate of drug-likeness (QED) is 0.638. The van der Waals surface area contributed by atoms with Crippen LogP contribution in [-0.4, -0.2) is 74.2 Å². The van der Waals surface area contributed by atoms with Crippen LogP contribution < -0.4 is 0 Å². The largest absolute Gasteiger partial charge is 0.370 e. The molecular formula is C25H35N6OP. The Bertz CT molecular complexity index is 1110. The lowest BCUT2D eigenvalue weighted by molar-refractivity contribution is -0.123. The van der Waals surface area contributed by atoms with E-state index in [0.29, 0.717) is 8.58 Å². The first-order chi connectivity index (χ1) is 15.9. The number of nitrogens with zero attached hydrogens (tertiary/aromatic N) is 6. The van der Waals surface area contributed by atoms with Crippen LogP contribution in [0.1, 0.15) is 43.8 Å². The molecule has 33 heavy (non-hydrogen) atoms. The van der Waals surface area contributed by atoms with Crippen molar-refractivity contribution in [2.75, 3.05) is 33.2 Å². The van der Waals surface area contributed by atoms with Gasteiger partial charge < -0.3 is 14.7 Å². The van der Waals surface area contributed by atoms with E-state index in [2.05, 4.69) is 47.8 Å². The lowest BCUT2D eigenvalue weighted by atomic mass is 10.2. The number of rotatable bonds is 4. The molecule has 0 spiro atoms. The molecule has 0 aliphatic carbocycles. The Balaban J connectivity index is 0.000000385. The van der Waals surface area contributed by atoms with Gasteiger partial charge in [0.1, 0.15) is 0 Å². The number of aryl methyl sites for hydroxylation is 2. The molecule has 2 aromatic rings. The Kier molecular flexibility index (Phi) is 7.30. The van der Waals surface area contributed by atoms with Crippen LogP contribution in [0.2, 0.25) is 0 Å². The molecule has 3 aliphatic rings. The van der Waals surface area contributed by atoms with Gasteiger partial charge in [0, 0.05) is 30.7 Å². The first-order valence-electron chi connectivity index (χ1n) is 11.9. The van der Waals surface area contributed by atoms with Crippen LogP contribution >= 0.6 is 8.58 Å². The molecular weight excluding hydrogens is 431 g/mol. The molecule has 1 fully saturated rings. The zero-order valence-corrected chi connectivity index (χ0v) is 21.4. The SMILES string of the molecule is CCN(C)CC.Cc1cn2nc(C3=CC(=O)N4C=C(N5CCCC5)C=CC4P3)cc2c(C)n1. The topological polar surface area (TPSA) is 57.0 Å². The Labute approximate surface area is 198 Å². The van der Waals surface area contributed by atoms with Crippen LogP contribution in [0.3, 0.4) is 0 Å². The van der Waals surface area contributed by atoms with E-state index in [-0.39, 0.29) is 11.7 Å². The van der Waals surface area contributed by atoms with E-state index < -0.39 is 0 Å². The molecule has 0 bridgehead atoms. The van der Waals surface area contributed by atoms with Crippen molar-refractivity contribution < 1.29 is 4.79 Å². The van der Waals surface area contributed by atoms with Gasteiger partial charge in [0.2, 0.25) is 0 Å². The molecule has 1 saturated heterocycles. The normalized spacial score (nSPS) is 20.8. The van der Waals surface area contributed by atoms with Gasteiger partial charge in [0.15, 0.2) is 0 Å². The van der Waals surface area contributed by atoms with Gasteiger partial charge in [-0.05, 0) is 59.0 Å². The highest BCUT2D eigenvalue weighted by Gasteiger charge is 2.30. The molecule has 7 nitrogen and oxygen atoms in total. The van der Waals surface area contributed by atoms with Gasteiger partial charge in [-0.1, -0.05) is 28.5 Å². The zero-order valence-electron chi connectivity index (χ0n) is 20.4. The highest BCUT2D eigenvalue weighted by Crippen LogP contribution is 2.44. The van der Waals surface area contributed by atoms with Crippen molar-refractivity contribution in [3.05, 3.63) is 59.5 Å². The van der Waals surface area contributed by atoms with Crippen molar-refractivity contribution in [1.29, 1.82) is 0 Å². The average Bonchev–Trinajstić information content (AvgIpc) is 3.49. The van der Waals surface area contributed by atoms with Gasteiger partial charge >= 0.3 is 0 Å². The van der Waals surface area contributed by atoms with Gasteiger partial charge in [0.05, 0.1) is 40.3 Å². The molecule has 176 valence electrons. The number of carbonyl (C=O) groups is 1. The number of fused-ring (bicyclic) bond motifs is 2. The van der Waals surface area contributed by atoms with E-state index >= 15 is 0 Å². The maximum atomic E-state index is 12.8. The van der Waals surface area contributed by atoms with Crippen molar-refractivity contribution in [3.63, 3.8) is 0 Å². The minimum Gasteiger partial charge on any atom is -0.370 e. The number of carbonyl (C=O) groups excluding carboxylic acids is 1. The maximum Gasteiger partial charge on any atom is 0.252 e. The summed E-state index contributed by atoms with van der Waals surface area (Å²) in [6, 6.07) is 2.04. The summed E-state index contributed by atoms with van der Waals surface area (Å²) >= 11 is 0. The average molecular weight is 467 g/mol. The summed E-state index contributed by atoms with van der Waals surface area (Å²) in [6.07, 6.45) is 12.5. The summed E-state index contributed by atoms with van der Waals surface area (Å²) in [7, 11) is 2.60. The monoisotopic (exact) mass is 466 g/mol. The van der Waals surface area contributed by atoms with E-state index in [1.807, 2.05) is 41.7 Å². The van der Waals surface area contributed by atoms with E-state index in [4.69, 9.17) is 5.10 Å². The van der Waals surface area contributed by atoms with Gasteiger partial charge in [-0.3, -0.25) is 9.78 Å². The summed E-state index contributed by atoms with van der Waals surface area (Å²) in [5.74, 6) is 0.132. The van der Waals surface area contributed by atoms with Gasteiger partial charge in [-0.15, -0.1) is 0 Å². The molecule has 2 atom stereocenters. The molecule has 1 amide bonds. The van der Waals surface area contributed by atoms with Crippen LogP contribution in [0.5, 0.6) is 0 Å². The Hall–Kier alpha value is -2.50. The number of hydrogen-bond donors (Lipinski definition) is 0. The zero-order chi connectivity index (χ0) is 23.5. The minimum atomic E-state index is 0.0397. The Morgan fingerprint density at radius 1 is 1.18 bits per heavy atom. The molecule has 5 heterocycles. The highest BCUT2D eigenvalue weighted by atomic mass is 31.1. The fourth-order valence-electron chi connectivity index (χ4n) is 4.22. The van der Waals surface area contributed by atoms with Gasteiger partial charge in [-0.25, -0.2) is 4.52 Å². The lowest BCUT2D eigenvalue weighted by Gasteiger charge is -2.35. The number of allylic oxidation sites excluding steroid dienone is 1. The highest BCUT2D eigenvalue weighted by molar-refractivity contribution is 7.51. The first kappa shape index (κ1) is 23.7. The smallest absolute Gasteiger partial charge is 0.252 e. The molecule has 2 unspecified atom stereocenters. The molecule has 8 heteroatoms. The fourth-order valence-corrected chi connectivity index (χ4v) is 5.55. The standard InChI is InChI=1S/C20H22N5OP.C5H13N/c1-13-11-25-17(14(2)21-13)9-16(22-25)18-10-19(26)24-12-15(5-6-20(24)27-18)23-7-3-4-8-23;1-4-6(3)5-2/h5-6,9-12,20,27H,3-4,7-8H2,1-2H3;4-5H2,1-3H3. The van der Waals surface area contributed by atoms with Crippen LogP contribution in [0.4, 0.5) is 0 Å². The minimum absolute atomic E-state index is 0.0397. The molecule has 2 aromatic heterocycles. The summed E-state index contributed by atoms with van der Waals surface area (Å²) in [4.78, 5) is 23.8. The van der Waals surface area contributed by atoms with Gasteiger partial charge in [-0.2, -0.15) is 5.10 Å². The Morgan fingerprint density at radius 3 is 2.58 bits per heavy atom. The third-order valence-electron chi connectivity index (χ3n) is 6.43. The number of likely N-dealkylation sites (tertiary alicyclic amines) is 1. The molecule has 0 saturated carbocycles. The van der Waals surface area contributed by atoms with Crippen LogP contribution in [-0.2, 0) is 4.79 Å². The third-order valence-corrected chi connectivity index (χ3v) is 7.91. The van der Waals surface area contributed by atoms with E-state index in [9.17, 15) is 4.79 Å². The Morgan fingerprint density at radius 2 is 1.91 bits per heavy atom. The molecule has 5 rings (SSSR count). The summed E-state index contributed by atoms with van der Waals surface area (Å²) < 4.78 is 1.87. The van der Waals surface area contributed by atoms with E-state index in [1.54, 1.807) is 6.08 Å². The second kappa shape index (κ2) is 10.2. The first-order valence-corrected chi connectivity index (χ1v) is 13.0. The van der Waals surface area contributed by atoms with Crippen molar-refractivity contribution in [2.24, 2.45) is 0 Å². The molecule has 0 aromatic carbocycles. The maximum absolute atomic E-state index is 12.8. The second-order valence-electron chi connectivity index (χ2n) is 8.82. The van der Waals surface area contributed by atoms with E-state index in [0.717, 1.165) is 59.8 Å². The van der Waals surface area contributed by atoms with Gasteiger partial charge in [0.25, 0.3) is 5.91 Å². The van der Waals surface area contributed by atoms with Crippen molar-refractivity contribution in [1.82, 2.24) is 29.3 Å². The van der Waals surface area contributed by atoms with Crippen LogP contribution in [0.15, 0.2) is 42.4 Å².